The number of nitrogens with zero attached hydrogens (tertiary/aromatic N) is 1. The van der Waals surface area contributed by atoms with E-state index >= 15 is 0 Å². The van der Waals surface area contributed by atoms with E-state index in [9.17, 15) is 19.7 Å². The number of rotatable bonds is 4. The molecule has 0 saturated heterocycles. The predicted octanol–water partition coefficient (Wildman–Crippen LogP) is 2.13. The van der Waals surface area contributed by atoms with Crippen molar-refractivity contribution in [3.05, 3.63) is 51.6 Å². The highest BCUT2D eigenvalue weighted by Crippen LogP contribution is 2.18. The number of carboxylic acids is 1. The number of non-ortho nitro benzene ring substituents is 1. The minimum atomic E-state index is -1.31. The van der Waals surface area contributed by atoms with E-state index in [0.29, 0.717) is 6.42 Å². The van der Waals surface area contributed by atoms with Crippen molar-refractivity contribution in [2.24, 2.45) is 0 Å². The van der Waals surface area contributed by atoms with Gasteiger partial charge in [0.2, 0.25) is 0 Å². The Hall–Kier alpha value is -2.70. The van der Waals surface area contributed by atoms with Crippen molar-refractivity contribution in [3.8, 4) is 0 Å². The molecule has 0 bridgehead atoms. The normalized spacial score (nSPS) is 17.2. The van der Waals surface area contributed by atoms with Crippen molar-refractivity contribution >= 4 is 17.6 Å². The fourth-order valence-electron chi connectivity index (χ4n) is 2.16. The molecule has 0 spiro atoms. The molecule has 0 aliphatic heterocycles. The number of nitro benzene ring substituents is 1. The standard InChI is InChI=1S/C14H14N2O5/c17-13(15-11-4-2-1-3-5-11)9-6-10(14(18)19)8-12(7-9)16(20)21/h1-2,6-8,11H,3-5H2,(H,15,17)(H,18,19). The molecule has 7 heteroatoms. The van der Waals surface area contributed by atoms with Gasteiger partial charge in [0.15, 0.2) is 0 Å². The zero-order chi connectivity index (χ0) is 15.4. The summed E-state index contributed by atoms with van der Waals surface area (Å²) >= 11 is 0. The second-order valence-corrected chi connectivity index (χ2v) is 4.79. The molecule has 0 saturated carbocycles. The minimum absolute atomic E-state index is 0.0175. The molecule has 1 amide bonds. The molecule has 0 heterocycles. The quantitative estimate of drug-likeness (QED) is 0.501. The Balaban J connectivity index is 2.24. The topological polar surface area (TPSA) is 110 Å². The first kappa shape index (κ1) is 14.7. The van der Waals surface area contributed by atoms with E-state index in [2.05, 4.69) is 5.32 Å². The summed E-state index contributed by atoms with van der Waals surface area (Å²) in [5.41, 5.74) is -0.711. The maximum atomic E-state index is 12.1. The molecule has 1 unspecified atom stereocenters. The first-order valence-electron chi connectivity index (χ1n) is 6.46. The molecule has 1 aromatic carbocycles. The second kappa shape index (κ2) is 6.17. The predicted molar refractivity (Wildman–Crippen MR) is 74.3 cm³/mol. The Bertz CT molecular complexity index is 592. The van der Waals surface area contributed by atoms with Crippen LogP contribution in [0.5, 0.6) is 0 Å². The number of carbonyl (C=O) groups excluding carboxylic acids is 1. The van der Waals surface area contributed by atoms with Gasteiger partial charge in [-0.05, 0) is 25.3 Å². The molecular formula is C14H14N2O5. The molecule has 1 aliphatic rings. The Morgan fingerprint density at radius 3 is 2.52 bits per heavy atom. The third-order valence-corrected chi connectivity index (χ3v) is 3.24. The van der Waals surface area contributed by atoms with Gasteiger partial charge in [0.05, 0.1) is 10.5 Å². The lowest BCUT2D eigenvalue weighted by Gasteiger charge is -2.19. The number of aromatic carboxylic acids is 1. The molecule has 2 N–H and O–H groups in total. The Labute approximate surface area is 120 Å². The van der Waals surface area contributed by atoms with Crippen molar-refractivity contribution in [1.29, 1.82) is 0 Å². The van der Waals surface area contributed by atoms with Crippen LogP contribution in [0.3, 0.4) is 0 Å². The van der Waals surface area contributed by atoms with E-state index in [1.807, 2.05) is 12.2 Å². The number of amides is 1. The molecule has 0 fully saturated rings. The van der Waals surface area contributed by atoms with Crippen molar-refractivity contribution in [3.63, 3.8) is 0 Å². The summed E-state index contributed by atoms with van der Waals surface area (Å²) in [6.45, 7) is 0. The van der Waals surface area contributed by atoms with Crippen LogP contribution < -0.4 is 5.32 Å². The Morgan fingerprint density at radius 2 is 1.95 bits per heavy atom. The molecule has 1 atom stereocenters. The van der Waals surface area contributed by atoms with E-state index in [4.69, 9.17) is 5.11 Å². The number of nitro groups is 1. The van der Waals surface area contributed by atoms with Gasteiger partial charge in [0.1, 0.15) is 0 Å². The molecule has 1 aromatic rings. The molecule has 110 valence electrons. The van der Waals surface area contributed by atoms with Crippen LogP contribution >= 0.6 is 0 Å². The van der Waals surface area contributed by atoms with Gasteiger partial charge in [0.25, 0.3) is 11.6 Å². The molecule has 0 aromatic heterocycles. The smallest absolute Gasteiger partial charge is 0.335 e. The number of hydrogen-bond acceptors (Lipinski definition) is 4. The number of allylic oxidation sites excluding steroid dienone is 1. The maximum absolute atomic E-state index is 12.1. The van der Waals surface area contributed by atoms with Gasteiger partial charge in [-0.1, -0.05) is 12.2 Å². The summed E-state index contributed by atoms with van der Waals surface area (Å²) in [5.74, 6) is -1.81. The van der Waals surface area contributed by atoms with Crippen LogP contribution in [0.1, 0.15) is 40.0 Å². The first-order chi connectivity index (χ1) is 9.97. The van der Waals surface area contributed by atoms with E-state index < -0.39 is 22.5 Å². The summed E-state index contributed by atoms with van der Waals surface area (Å²) in [6.07, 6.45) is 6.35. The van der Waals surface area contributed by atoms with Crippen molar-refractivity contribution in [1.82, 2.24) is 5.32 Å². The maximum Gasteiger partial charge on any atom is 0.335 e. The van der Waals surface area contributed by atoms with Gasteiger partial charge in [-0.3, -0.25) is 14.9 Å². The second-order valence-electron chi connectivity index (χ2n) is 4.79. The average molecular weight is 290 g/mol. The fraction of sp³-hybridized carbons (Fsp3) is 0.286. The number of hydrogen-bond donors (Lipinski definition) is 2. The van der Waals surface area contributed by atoms with Crippen LogP contribution in [0.4, 0.5) is 5.69 Å². The Morgan fingerprint density at radius 1 is 1.24 bits per heavy atom. The summed E-state index contributed by atoms with van der Waals surface area (Å²) in [7, 11) is 0. The molecular weight excluding hydrogens is 276 g/mol. The van der Waals surface area contributed by atoms with Gasteiger partial charge in [0, 0.05) is 23.7 Å². The number of nitrogens with one attached hydrogen (secondary N) is 1. The fourth-order valence-corrected chi connectivity index (χ4v) is 2.16. The lowest BCUT2D eigenvalue weighted by molar-refractivity contribution is -0.384. The third kappa shape index (κ3) is 3.65. The zero-order valence-corrected chi connectivity index (χ0v) is 11.1. The van der Waals surface area contributed by atoms with Crippen molar-refractivity contribution in [2.75, 3.05) is 0 Å². The monoisotopic (exact) mass is 290 g/mol. The summed E-state index contributed by atoms with van der Waals surface area (Å²) in [5, 5.41) is 22.5. The zero-order valence-electron chi connectivity index (χ0n) is 11.1. The van der Waals surface area contributed by atoms with Crippen LogP contribution in [0.2, 0.25) is 0 Å². The van der Waals surface area contributed by atoms with Crippen LogP contribution in [0.15, 0.2) is 30.4 Å². The summed E-state index contributed by atoms with van der Waals surface area (Å²) in [6, 6.07) is 3.13. The number of benzene rings is 1. The molecule has 7 nitrogen and oxygen atoms in total. The molecule has 21 heavy (non-hydrogen) atoms. The van der Waals surface area contributed by atoms with Gasteiger partial charge in [-0.15, -0.1) is 0 Å². The number of carboxylic acid groups (broad SMARTS) is 1. The summed E-state index contributed by atoms with van der Waals surface area (Å²) < 4.78 is 0. The minimum Gasteiger partial charge on any atom is -0.478 e. The lowest BCUT2D eigenvalue weighted by atomic mass is 10.0. The largest absolute Gasteiger partial charge is 0.478 e. The number of carbonyl (C=O) groups is 2. The van der Waals surface area contributed by atoms with E-state index in [0.717, 1.165) is 31.0 Å². The van der Waals surface area contributed by atoms with Crippen LogP contribution in [-0.2, 0) is 0 Å². The van der Waals surface area contributed by atoms with Crippen molar-refractivity contribution < 1.29 is 19.6 Å². The highest BCUT2D eigenvalue weighted by molar-refractivity contribution is 5.98. The van der Waals surface area contributed by atoms with E-state index in [1.54, 1.807) is 0 Å². The highest BCUT2D eigenvalue weighted by Gasteiger charge is 2.19. The lowest BCUT2D eigenvalue weighted by Crippen LogP contribution is -2.35. The first-order valence-corrected chi connectivity index (χ1v) is 6.46. The van der Waals surface area contributed by atoms with Gasteiger partial charge in [-0.25, -0.2) is 4.79 Å². The third-order valence-electron chi connectivity index (χ3n) is 3.24. The van der Waals surface area contributed by atoms with Gasteiger partial charge < -0.3 is 10.4 Å². The van der Waals surface area contributed by atoms with Gasteiger partial charge in [-0.2, -0.15) is 0 Å². The molecule has 0 radical (unpaired) electrons. The van der Waals surface area contributed by atoms with E-state index in [1.165, 1.54) is 0 Å². The molecule has 1 aliphatic carbocycles. The van der Waals surface area contributed by atoms with Crippen LogP contribution in [0.25, 0.3) is 0 Å². The van der Waals surface area contributed by atoms with Gasteiger partial charge >= 0.3 is 5.97 Å². The Kier molecular flexibility index (Phi) is 4.32. The summed E-state index contributed by atoms with van der Waals surface area (Å²) in [4.78, 5) is 33.2. The highest BCUT2D eigenvalue weighted by atomic mass is 16.6. The average Bonchev–Trinajstić information content (AvgIpc) is 2.47. The van der Waals surface area contributed by atoms with Crippen molar-refractivity contribution in [2.45, 2.75) is 25.3 Å². The van der Waals surface area contributed by atoms with Crippen LogP contribution in [0, 0.1) is 10.1 Å². The SMILES string of the molecule is O=C(O)c1cc(C(=O)NC2CC=CCC2)cc([N+](=O)[O-])c1. The molecule has 2 rings (SSSR count). The van der Waals surface area contributed by atoms with Crippen LogP contribution in [-0.4, -0.2) is 27.9 Å². The van der Waals surface area contributed by atoms with E-state index in [-0.39, 0.29) is 17.2 Å².